The Bertz CT molecular complexity index is 567. The van der Waals surface area contributed by atoms with E-state index in [1.54, 1.807) is 18.3 Å². The molecule has 0 aliphatic carbocycles. The summed E-state index contributed by atoms with van der Waals surface area (Å²) >= 11 is 0. The van der Waals surface area contributed by atoms with Gasteiger partial charge >= 0.3 is 0 Å². The fraction of sp³-hybridized carbons (Fsp3) is 0.200. The lowest BCUT2D eigenvalue weighted by Gasteiger charge is -2.08. The first-order valence-corrected chi connectivity index (χ1v) is 6.21. The van der Waals surface area contributed by atoms with E-state index in [1.165, 1.54) is 0 Å². The molecule has 0 spiro atoms. The fourth-order valence-electron chi connectivity index (χ4n) is 1.83. The van der Waals surface area contributed by atoms with Crippen LogP contribution in [0.4, 0.5) is 5.69 Å². The van der Waals surface area contributed by atoms with Gasteiger partial charge < -0.3 is 11.1 Å². The highest BCUT2D eigenvalue weighted by Gasteiger charge is 2.08. The lowest BCUT2D eigenvalue weighted by atomic mass is 10.1. The van der Waals surface area contributed by atoms with Crippen LogP contribution in [0.3, 0.4) is 0 Å². The summed E-state index contributed by atoms with van der Waals surface area (Å²) in [6, 6.07) is 11.1. The predicted molar refractivity (Wildman–Crippen MR) is 75.9 cm³/mol. The molecule has 0 saturated heterocycles. The second-order valence-electron chi connectivity index (χ2n) is 4.40. The Morgan fingerprint density at radius 2 is 2.16 bits per heavy atom. The number of nitrogens with two attached hydrogens (primary N) is 1. The molecule has 1 heterocycles. The highest BCUT2D eigenvalue weighted by molar-refractivity contribution is 5.96. The second-order valence-corrected chi connectivity index (χ2v) is 4.40. The van der Waals surface area contributed by atoms with Gasteiger partial charge in [0.2, 0.25) is 0 Å². The summed E-state index contributed by atoms with van der Waals surface area (Å²) in [6.07, 6.45) is 2.47. The Kier molecular flexibility index (Phi) is 4.13. The van der Waals surface area contributed by atoms with Crippen molar-refractivity contribution in [3.63, 3.8) is 0 Å². The minimum absolute atomic E-state index is 0.0965. The molecule has 0 atom stereocenters. The summed E-state index contributed by atoms with van der Waals surface area (Å²) in [6.45, 7) is 2.46. The van der Waals surface area contributed by atoms with E-state index in [2.05, 4.69) is 10.3 Å². The number of nitrogen functional groups attached to an aromatic ring is 1. The molecule has 2 rings (SSSR count). The van der Waals surface area contributed by atoms with E-state index in [4.69, 9.17) is 5.73 Å². The van der Waals surface area contributed by atoms with E-state index in [1.807, 2.05) is 31.2 Å². The van der Waals surface area contributed by atoms with Crippen molar-refractivity contribution in [1.82, 2.24) is 10.3 Å². The van der Waals surface area contributed by atoms with Crippen LogP contribution in [0, 0.1) is 6.92 Å². The molecule has 0 aliphatic heterocycles. The van der Waals surface area contributed by atoms with Crippen LogP contribution in [0.5, 0.6) is 0 Å². The molecular weight excluding hydrogens is 238 g/mol. The molecule has 0 unspecified atom stereocenters. The standard InChI is InChI=1S/C15H17N3O/c1-11-5-6-12(16)10-14(11)15(19)18-9-7-13-4-2-3-8-17-13/h2-6,8,10H,7,9,16H2,1H3,(H,18,19). The SMILES string of the molecule is Cc1ccc(N)cc1C(=O)NCCc1ccccn1. The molecule has 0 fully saturated rings. The van der Waals surface area contributed by atoms with Gasteiger partial charge in [0.05, 0.1) is 0 Å². The van der Waals surface area contributed by atoms with Gasteiger partial charge in [0.1, 0.15) is 0 Å². The van der Waals surface area contributed by atoms with Gasteiger partial charge in [0.15, 0.2) is 0 Å². The van der Waals surface area contributed by atoms with Gasteiger partial charge in [-0.25, -0.2) is 0 Å². The second kappa shape index (κ2) is 6.00. The number of benzene rings is 1. The third-order valence-electron chi connectivity index (χ3n) is 2.90. The molecular formula is C15H17N3O. The van der Waals surface area contributed by atoms with Crippen LogP contribution in [0.15, 0.2) is 42.6 Å². The monoisotopic (exact) mass is 255 g/mol. The molecule has 4 heteroatoms. The number of anilines is 1. The Hall–Kier alpha value is -2.36. The largest absolute Gasteiger partial charge is 0.399 e. The van der Waals surface area contributed by atoms with Crippen LogP contribution in [-0.4, -0.2) is 17.4 Å². The topological polar surface area (TPSA) is 68.0 Å². The van der Waals surface area contributed by atoms with Crippen molar-refractivity contribution in [1.29, 1.82) is 0 Å². The van der Waals surface area contributed by atoms with Gasteiger partial charge in [-0.15, -0.1) is 0 Å². The molecule has 1 aromatic carbocycles. The lowest BCUT2D eigenvalue weighted by molar-refractivity contribution is 0.0953. The number of hydrogen-bond acceptors (Lipinski definition) is 3. The molecule has 1 aromatic heterocycles. The molecule has 2 aromatic rings. The van der Waals surface area contributed by atoms with Crippen molar-refractivity contribution in [3.8, 4) is 0 Å². The first-order chi connectivity index (χ1) is 9.16. The maximum absolute atomic E-state index is 12.0. The predicted octanol–water partition coefficient (Wildman–Crippen LogP) is 1.94. The zero-order valence-corrected chi connectivity index (χ0v) is 10.9. The number of hydrogen-bond donors (Lipinski definition) is 2. The summed E-state index contributed by atoms with van der Waals surface area (Å²) in [5.41, 5.74) is 8.80. The summed E-state index contributed by atoms with van der Waals surface area (Å²) in [5.74, 6) is -0.0965. The van der Waals surface area contributed by atoms with E-state index >= 15 is 0 Å². The minimum Gasteiger partial charge on any atom is -0.399 e. The third-order valence-corrected chi connectivity index (χ3v) is 2.90. The smallest absolute Gasteiger partial charge is 0.251 e. The summed E-state index contributed by atoms with van der Waals surface area (Å²) in [4.78, 5) is 16.2. The van der Waals surface area contributed by atoms with Crippen LogP contribution in [0.25, 0.3) is 0 Å². The number of aromatic nitrogens is 1. The van der Waals surface area contributed by atoms with Gasteiger partial charge in [-0.3, -0.25) is 9.78 Å². The Morgan fingerprint density at radius 1 is 1.32 bits per heavy atom. The number of nitrogens with zero attached hydrogens (tertiary/aromatic N) is 1. The molecule has 98 valence electrons. The number of aryl methyl sites for hydroxylation is 1. The lowest BCUT2D eigenvalue weighted by Crippen LogP contribution is -2.26. The van der Waals surface area contributed by atoms with Gasteiger partial charge in [0.25, 0.3) is 5.91 Å². The van der Waals surface area contributed by atoms with Crippen LogP contribution in [-0.2, 0) is 6.42 Å². The summed E-state index contributed by atoms with van der Waals surface area (Å²) < 4.78 is 0. The average Bonchev–Trinajstić information content (AvgIpc) is 2.42. The Balaban J connectivity index is 1.93. The number of carbonyl (C=O) groups is 1. The van der Waals surface area contributed by atoms with E-state index in [0.717, 1.165) is 11.3 Å². The van der Waals surface area contributed by atoms with Gasteiger partial charge in [-0.2, -0.15) is 0 Å². The van der Waals surface area contributed by atoms with Crippen LogP contribution >= 0.6 is 0 Å². The number of nitrogens with one attached hydrogen (secondary N) is 1. The molecule has 0 saturated carbocycles. The van der Waals surface area contributed by atoms with Crippen molar-refractivity contribution in [2.45, 2.75) is 13.3 Å². The van der Waals surface area contributed by atoms with E-state index < -0.39 is 0 Å². The van der Waals surface area contributed by atoms with E-state index in [-0.39, 0.29) is 5.91 Å². The maximum Gasteiger partial charge on any atom is 0.251 e. The molecule has 3 N–H and O–H groups in total. The van der Waals surface area contributed by atoms with Crippen molar-refractivity contribution < 1.29 is 4.79 Å². The zero-order valence-electron chi connectivity index (χ0n) is 10.9. The molecule has 0 aliphatic rings. The number of pyridine rings is 1. The zero-order chi connectivity index (χ0) is 13.7. The maximum atomic E-state index is 12.0. The fourth-order valence-corrected chi connectivity index (χ4v) is 1.83. The van der Waals surface area contributed by atoms with Crippen LogP contribution in [0.1, 0.15) is 21.6 Å². The highest BCUT2D eigenvalue weighted by Crippen LogP contribution is 2.12. The molecule has 1 amide bonds. The van der Waals surface area contributed by atoms with Crippen molar-refractivity contribution >= 4 is 11.6 Å². The van der Waals surface area contributed by atoms with Crippen molar-refractivity contribution in [2.75, 3.05) is 12.3 Å². The van der Waals surface area contributed by atoms with Gasteiger partial charge in [-0.1, -0.05) is 12.1 Å². The van der Waals surface area contributed by atoms with Crippen LogP contribution in [0.2, 0.25) is 0 Å². The highest BCUT2D eigenvalue weighted by atomic mass is 16.1. The minimum atomic E-state index is -0.0965. The van der Waals surface area contributed by atoms with E-state index in [9.17, 15) is 4.79 Å². The van der Waals surface area contributed by atoms with Crippen molar-refractivity contribution in [3.05, 3.63) is 59.4 Å². The normalized spacial score (nSPS) is 10.2. The van der Waals surface area contributed by atoms with Gasteiger partial charge in [0, 0.05) is 36.1 Å². The number of amides is 1. The molecule has 19 heavy (non-hydrogen) atoms. The van der Waals surface area contributed by atoms with Crippen LogP contribution < -0.4 is 11.1 Å². The molecule has 0 bridgehead atoms. The first kappa shape index (κ1) is 13.1. The number of rotatable bonds is 4. The molecule has 0 radical (unpaired) electrons. The quantitative estimate of drug-likeness (QED) is 0.820. The number of carbonyl (C=O) groups excluding carboxylic acids is 1. The van der Waals surface area contributed by atoms with E-state index in [0.29, 0.717) is 24.2 Å². The Morgan fingerprint density at radius 3 is 2.89 bits per heavy atom. The average molecular weight is 255 g/mol. The summed E-state index contributed by atoms with van der Waals surface area (Å²) in [7, 11) is 0. The molecule has 4 nitrogen and oxygen atoms in total. The Labute approximate surface area is 112 Å². The van der Waals surface area contributed by atoms with Crippen molar-refractivity contribution in [2.24, 2.45) is 0 Å². The summed E-state index contributed by atoms with van der Waals surface area (Å²) in [5, 5.41) is 2.88. The van der Waals surface area contributed by atoms with Gasteiger partial charge in [-0.05, 0) is 36.8 Å². The third kappa shape index (κ3) is 3.55. The first-order valence-electron chi connectivity index (χ1n) is 6.21.